The first-order valence-electron chi connectivity index (χ1n) is 11.3. The molecular weight excluding hydrogens is 483 g/mol. The minimum absolute atomic E-state index is 0.00925. The van der Waals surface area contributed by atoms with Crippen molar-refractivity contribution < 1.29 is 23.1 Å². The minimum Gasteiger partial charge on any atom is -0.389 e. The maximum Gasteiger partial charge on any atom is 0.417 e. The molecule has 0 saturated carbocycles. The van der Waals surface area contributed by atoms with E-state index in [4.69, 9.17) is 0 Å². The van der Waals surface area contributed by atoms with Crippen LogP contribution in [0.1, 0.15) is 34.5 Å². The third kappa shape index (κ3) is 4.78. The van der Waals surface area contributed by atoms with Gasteiger partial charge in [0.2, 0.25) is 0 Å². The molecule has 0 aliphatic carbocycles. The SMILES string of the molecule is CC(O)c1ccn2c(NC(=O)c3ccc(C(F)(F)F)c(-c4ncccn4)c3)c(-c3ccccc3)nc2c1. The van der Waals surface area contributed by atoms with E-state index in [0.717, 1.165) is 23.8 Å². The van der Waals surface area contributed by atoms with E-state index in [2.05, 4.69) is 20.3 Å². The van der Waals surface area contributed by atoms with Crippen LogP contribution in [-0.2, 0) is 6.18 Å². The number of nitrogens with zero attached hydrogens (tertiary/aromatic N) is 4. The van der Waals surface area contributed by atoms with Crippen molar-refractivity contribution in [3.63, 3.8) is 0 Å². The van der Waals surface area contributed by atoms with E-state index in [1.165, 1.54) is 18.5 Å². The summed E-state index contributed by atoms with van der Waals surface area (Å²) >= 11 is 0. The number of carbonyl (C=O) groups excluding carboxylic acids is 1. The summed E-state index contributed by atoms with van der Waals surface area (Å²) in [6.07, 6.45) is -1.04. The maximum absolute atomic E-state index is 13.7. The summed E-state index contributed by atoms with van der Waals surface area (Å²) in [7, 11) is 0. The molecule has 7 nitrogen and oxygen atoms in total. The molecular formula is C27H20F3N5O2. The maximum atomic E-state index is 13.7. The Morgan fingerprint density at radius 3 is 2.41 bits per heavy atom. The average Bonchev–Trinajstić information content (AvgIpc) is 3.26. The van der Waals surface area contributed by atoms with Crippen molar-refractivity contribution >= 4 is 17.4 Å². The molecule has 2 aromatic carbocycles. The quantitative estimate of drug-likeness (QED) is 0.317. The van der Waals surface area contributed by atoms with E-state index in [1.54, 1.807) is 29.7 Å². The van der Waals surface area contributed by atoms with Gasteiger partial charge in [-0.05, 0) is 48.9 Å². The molecule has 186 valence electrons. The number of aliphatic hydroxyl groups excluding tert-OH is 1. The number of nitrogens with one attached hydrogen (secondary N) is 1. The van der Waals surface area contributed by atoms with Crippen LogP contribution >= 0.6 is 0 Å². The summed E-state index contributed by atoms with van der Waals surface area (Å²) in [6, 6.07) is 17.1. The normalized spacial score (nSPS) is 12.5. The number of imidazole rings is 1. The van der Waals surface area contributed by atoms with Gasteiger partial charge in [-0.2, -0.15) is 13.2 Å². The van der Waals surface area contributed by atoms with Gasteiger partial charge in [0.15, 0.2) is 5.82 Å². The Bertz CT molecular complexity index is 1580. The molecule has 0 saturated heterocycles. The fourth-order valence-corrected chi connectivity index (χ4v) is 3.97. The van der Waals surface area contributed by atoms with Crippen molar-refractivity contribution in [3.05, 3.63) is 102 Å². The van der Waals surface area contributed by atoms with Crippen LogP contribution in [0.4, 0.5) is 19.0 Å². The van der Waals surface area contributed by atoms with Gasteiger partial charge in [0, 0.05) is 35.3 Å². The molecule has 0 spiro atoms. The van der Waals surface area contributed by atoms with Gasteiger partial charge >= 0.3 is 6.18 Å². The number of halogens is 3. The van der Waals surface area contributed by atoms with Gasteiger partial charge < -0.3 is 10.4 Å². The zero-order chi connectivity index (χ0) is 26.2. The molecule has 0 fully saturated rings. The number of alkyl halides is 3. The first-order chi connectivity index (χ1) is 17.7. The molecule has 1 atom stereocenters. The zero-order valence-corrected chi connectivity index (χ0v) is 19.4. The van der Waals surface area contributed by atoms with Crippen molar-refractivity contribution in [1.82, 2.24) is 19.4 Å². The molecule has 1 amide bonds. The molecule has 10 heteroatoms. The van der Waals surface area contributed by atoms with E-state index < -0.39 is 23.8 Å². The van der Waals surface area contributed by atoms with Gasteiger partial charge in [-0.1, -0.05) is 30.3 Å². The Labute approximate surface area is 209 Å². The highest BCUT2D eigenvalue weighted by molar-refractivity contribution is 6.06. The second kappa shape index (κ2) is 9.47. The van der Waals surface area contributed by atoms with Crippen molar-refractivity contribution in [1.29, 1.82) is 0 Å². The second-order valence-corrected chi connectivity index (χ2v) is 8.32. The Hall–Kier alpha value is -4.57. The number of rotatable bonds is 5. The zero-order valence-electron chi connectivity index (χ0n) is 19.4. The number of benzene rings is 2. The Kier molecular flexibility index (Phi) is 6.18. The first-order valence-corrected chi connectivity index (χ1v) is 11.3. The smallest absolute Gasteiger partial charge is 0.389 e. The predicted molar refractivity (Wildman–Crippen MR) is 132 cm³/mol. The summed E-state index contributed by atoms with van der Waals surface area (Å²) < 4.78 is 42.7. The van der Waals surface area contributed by atoms with Crippen molar-refractivity contribution in [2.45, 2.75) is 19.2 Å². The van der Waals surface area contributed by atoms with Crippen molar-refractivity contribution in [2.24, 2.45) is 0 Å². The molecule has 0 bridgehead atoms. The molecule has 3 heterocycles. The topological polar surface area (TPSA) is 92.4 Å². The van der Waals surface area contributed by atoms with Gasteiger partial charge in [0.1, 0.15) is 17.2 Å². The van der Waals surface area contributed by atoms with Gasteiger partial charge in [-0.15, -0.1) is 0 Å². The average molecular weight is 503 g/mol. The summed E-state index contributed by atoms with van der Waals surface area (Å²) in [5.41, 5.74) is 1.07. The number of anilines is 1. The lowest BCUT2D eigenvalue weighted by Crippen LogP contribution is -2.16. The number of pyridine rings is 1. The fraction of sp³-hybridized carbons (Fsp3) is 0.111. The molecule has 5 rings (SSSR count). The molecule has 2 N–H and O–H groups in total. The lowest BCUT2D eigenvalue weighted by molar-refractivity contribution is -0.137. The highest BCUT2D eigenvalue weighted by atomic mass is 19.4. The van der Waals surface area contributed by atoms with Gasteiger partial charge in [0.05, 0.1) is 11.7 Å². The summed E-state index contributed by atoms with van der Waals surface area (Å²) in [5.74, 6) is -0.444. The second-order valence-electron chi connectivity index (χ2n) is 8.32. The van der Waals surface area contributed by atoms with Crippen LogP contribution in [0.15, 0.2) is 85.3 Å². The van der Waals surface area contributed by atoms with E-state index in [-0.39, 0.29) is 17.0 Å². The third-order valence-corrected chi connectivity index (χ3v) is 5.81. The Morgan fingerprint density at radius 2 is 1.73 bits per heavy atom. The molecule has 1 unspecified atom stereocenters. The standard InChI is InChI=1S/C27H20F3N5O2/c1-16(36)18-10-13-35-22(15-18)33-23(17-6-3-2-4-7-17)25(35)34-26(37)19-8-9-21(27(28,29)30)20(14-19)24-31-11-5-12-32-24/h2-16,36H,1H3,(H,34,37). The number of aromatic nitrogens is 4. The van der Waals surface area contributed by atoms with Crippen LogP contribution in [0.3, 0.4) is 0 Å². The monoisotopic (exact) mass is 503 g/mol. The van der Waals surface area contributed by atoms with Crippen LogP contribution in [-0.4, -0.2) is 30.4 Å². The van der Waals surface area contributed by atoms with E-state index in [0.29, 0.717) is 22.7 Å². The number of fused-ring (bicyclic) bond motifs is 1. The number of hydrogen-bond acceptors (Lipinski definition) is 5. The molecule has 0 radical (unpaired) electrons. The molecule has 37 heavy (non-hydrogen) atoms. The Balaban J connectivity index is 1.60. The summed E-state index contributed by atoms with van der Waals surface area (Å²) in [5, 5.41) is 12.8. The van der Waals surface area contributed by atoms with Gasteiger partial charge in [0.25, 0.3) is 5.91 Å². The molecule has 5 aromatic rings. The molecule has 0 aliphatic heterocycles. The number of aliphatic hydroxyl groups is 1. The van der Waals surface area contributed by atoms with Crippen LogP contribution in [0.2, 0.25) is 0 Å². The highest BCUT2D eigenvalue weighted by Crippen LogP contribution is 2.37. The van der Waals surface area contributed by atoms with Gasteiger partial charge in [-0.25, -0.2) is 15.0 Å². The van der Waals surface area contributed by atoms with Crippen LogP contribution < -0.4 is 5.32 Å². The first kappa shape index (κ1) is 24.1. The van der Waals surface area contributed by atoms with E-state index >= 15 is 0 Å². The van der Waals surface area contributed by atoms with Crippen LogP contribution in [0, 0.1) is 0 Å². The van der Waals surface area contributed by atoms with Gasteiger partial charge in [-0.3, -0.25) is 9.20 Å². The van der Waals surface area contributed by atoms with Crippen molar-refractivity contribution in [2.75, 3.05) is 5.32 Å². The van der Waals surface area contributed by atoms with Crippen LogP contribution in [0.5, 0.6) is 0 Å². The highest BCUT2D eigenvalue weighted by Gasteiger charge is 2.35. The van der Waals surface area contributed by atoms with Crippen LogP contribution in [0.25, 0.3) is 28.3 Å². The Morgan fingerprint density at radius 1 is 1.00 bits per heavy atom. The minimum atomic E-state index is -4.66. The predicted octanol–water partition coefficient (Wildman–Crippen LogP) is 5.78. The van der Waals surface area contributed by atoms with E-state index in [1.807, 2.05) is 30.3 Å². The summed E-state index contributed by atoms with van der Waals surface area (Å²) in [6.45, 7) is 1.63. The largest absolute Gasteiger partial charge is 0.417 e. The lowest BCUT2D eigenvalue weighted by Gasteiger charge is -2.14. The fourth-order valence-electron chi connectivity index (χ4n) is 3.97. The lowest BCUT2D eigenvalue weighted by atomic mass is 10.0. The number of amides is 1. The van der Waals surface area contributed by atoms with Crippen molar-refractivity contribution in [3.8, 4) is 22.6 Å². The summed E-state index contributed by atoms with van der Waals surface area (Å²) in [4.78, 5) is 25.9. The third-order valence-electron chi connectivity index (χ3n) is 5.81. The molecule has 0 aliphatic rings. The molecule has 3 aromatic heterocycles. The van der Waals surface area contributed by atoms with E-state index in [9.17, 15) is 23.1 Å². The number of carbonyl (C=O) groups is 1. The number of hydrogen-bond donors (Lipinski definition) is 2.